The number of oxazole rings is 1. The lowest BCUT2D eigenvalue weighted by Gasteiger charge is -2.24. The summed E-state index contributed by atoms with van der Waals surface area (Å²) in [6.45, 7) is 5.64. The van der Waals surface area contributed by atoms with Crippen molar-refractivity contribution in [1.29, 1.82) is 0 Å². The van der Waals surface area contributed by atoms with Gasteiger partial charge in [0, 0.05) is 6.04 Å². The van der Waals surface area contributed by atoms with E-state index in [1.54, 1.807) is 6.26 Å². The van der Waals surface area contributed by atoms with Crippen LogP contribution in [0, 0.1) is 13.8 Å². The van der Waals surface area contributed by atoms with E-state index in [1.807, 2.05) is 26.0 Å². The van der Waals surface area contributed by atoms with Crippen LogP contribution in [0.1, 0.15) is 48.5 Å². The average Bonchev–Trinajstić information content (AvgIpc) is 3.15. The smallest absolute Gasteiger partial charge is 0.208 e. The van der Waals surface area contributed by atoms with E-state index in [0.717, 1.165) is 36.7 Å². The lowest BCUT2D eigenvalue weighted by atomic mass is 10.1. The van der Waals surface area contributed by atoms with Crippen LogP contribution < -0.4 is 0 Å². The Balaban J connectivity index is 1.62. The van der Waals surface area contributed by atoms with E-state index in [1.165, 1.54) is 0 Å². The molecule has 0 spiro atoms. The third-order valence-corrected chi connectivity index (χ3v) is 4.28. The van der Waals surface area contributed by atoms with E-state index in [2.05, 4.69) is 9.88 Å². The lowest BCUT2D eigenvalue weighted by molar-refractivity contribution is 0.0963. The molecule has 5 nitrogen and oxygen atoms in total. The van der Waals surface area contributed by atoms with Gasteiger partial charge < -0.3 is 13.9 Å². The maximum absolute atomic E-state index is 10.2. The molecule has 3 rings (SSSR count). The number of furan rings is 1. The molecule has 1 aliphatic rings. The van der Waals surface area contributed by atoms with Crippen molar-refractivity contribution in [2.45, 2.75) is 51.8 Å². The molecule has 5 heteroatoms. The Morgan fingerprint density at radius 1 is 1.48 bits per heavy atom. The van der Waals surface area contributed by atoms with Gasteiger partial charge in [-0.1, -0.05) is 0 Å². The minimum Gasteiger partial charge on any atom is -0.467 e. The zero-order chi connectivity index (χ0) is 14.8. The van der Waals surface area contributed by atoms with Crippen LogP contribution in [0.4, 0.5) is 0 Å². The molecule has 2 unspecified atom stereocenters. The third kappa shape index (κ3) is 3.19. The monoisotopic (exact) mass is 290 g/mol. The molecule has 1 N–H and O–H groups in total. The Hall–Kier alpha value is -1.59. The predicted molar refractivity (Wildman–Crippen MR) is 77.7 cm³/mol. The van der Waals surface area contributed by atoms with Gasteiger partial charge in [0.05, 0.1) is 18.5 Å². The fraction of sp³-hybridized carbons (Fsp3) is 0.562. The van der Waals surface area contributed by atoms with Crippen LogP contribution in [-0.4, -0.2) is 27.6 Å². The van der Waals surface area contributed by atoms with Crippen LogP contribution in [-0.2, 0) is 6.54 Å². The third-order valence-electron chi connectivity index (χ3n) is 4.28. The molecule has 0 amide bonds. The van der Waals surface area contributed by atoms with E-state index in [9.17, 15) is 5.11 Å². The van der Waals surface area contributed by atoms with Crippen molar-refractivity contribution in [3.63, 3.8) is 0 Å². The molecule has 0 saturated carbocycles. The van der Waals surface area contributed by atoms with Crippen LogP contribution in [0.25, 0.3) is 0 Å². The highest BCUT2D eigenvalue weighted by Gasteiger charge is 2.29. The van der Waals surface area contributed by atoms with Crippen molar-refractivity contribution in [3.8, 4) is 0 Å². The summed E-state index contributed by atoms with van der Waals surface area (Å²) in [5.41, 5.74) is 0.955. The van der Waals surface area contributed by atoms with Crippen molar-refractivity contribution < 1.29 is 13.9 Å². The van der Waals surface area contributed by atoms with Gasteiger partial charge in [-0.15, -0.1) is 0 Å². The van der Waals surface area contributed by atoms with Gasteiger partial charge in [-0.2, -0.15) is 0 Å². The number of likely N-dealkylation sites (tertiary alicyclic amines) is 1. The molecule has 21 heavy (non-hydrogen) atoms. The molecule has 2 aromatic heterocycles. The van der Waals surface area contributed by atoms with Gasteiger partial charge >= 0.3 is 0 Å². The van der Waals surface area contributed by atoms with Crippen LogP contribution in [0.5, 0.6) is 0 Å². The van der Waals surface area contributed by atoms with Crippen molar-refractivity contribution in [2.24, 2.45) is 0 Å². The molecule has 1 aliphatic heterocycles. The molecule has 3 heterocycles. The van der Waals surface area contributed by atoms with E-state index in [-0.39, 0.29) is 0 Å². The normalized spacial score (nSPS) is 21.0. The van der Waals surface area contributed by atoms with Gasteiger partial charge in [-0.25, -0.2) is 4.98 Å². The maximum Gasteiger partial charge on any atom is 0.208 e. The average molecular weight is 290 g/mol. The Morgan fingerprint density at radius 2 is 2.33 bits per heavy atom. The van der Waals surface area contributed by atoms with Gasteiger partial charge in [-0.05, 0) is 51.8 Å². The maximum atomic E-state index is 10.2. The molecule has 2 aromatic rings. The zero-order valence-electron chi connectivity index (χ0n) is 12.6. The first-order valence-corrected chi connectivity index (χ1v) is 7.52. The van der Waals surface area contributed by atoms with E-state index in [0.29, 0.717) is 24.8 Å². The van der Waals surface area contributed by atoms with Crippen LogP contribution in [0.15, 0.2) is 27.2 Å². The quantitative estimate of drug-likeness (QED) is 0.917. The summed E-state index contributed by atoms with van der Waals surface area (Å²) in [5, 5.41) is 10.2. The van der Waals surface area contributed by atoms with Crippen molar-refractivity contribution >= 4 is 0 Å². The topological polar surface area (TPSA) is 62.6 Å². The highest BCUT2D eigenvalue weighted by Crippen LogP contribution is 2.28. The standard InChI is InChI=1S/C16H22N2O3/c1-11-12(2)21-16(17-11)10-18-7-3-5-13(18)9-14(19)15-6-4-8-20-15/h4,6,8,13-14,19H,3,5,7,9-10H2,1-2H3. The lowest BCUT2D eigenvalue weighted by Crippen LogP contribution is -2.30. The summed E-state index contributed by atoms with van der Waals surface area (Å²) in [5.74, 6) is 2.30. The second kappa shape index (κ2) is 6.03. The fourth-order valence-electron chi connectivity index (χ4n) is 3.01. The molecule has 2 atom stereocenters. The SMILES string of the molecule is Cc1nc(CN2CCCC2CC(O)c2ccco2)oc1C. The molecular weight excluding hydrogens is 268 g/mol. The highest BCUT2D eigenvalue weighted by molar-refractivity contribution is 5.06. The summed E-state index contributed by atoms with van der Waals surface area (Å²) in [4.78, 5) is 6.79. The molecule has 0 aromatic carbocycles. The first-order valence-electron chi connectivity index (χ1n) is 7.52. The van der Waals surface area contributed by atoms with Gasteiger partial charge in [0.15, 0.2) is 0 Å². The summed E-state index contributed by atoms with van der Waals surface area (Å²) in [6, 6.07) is 3.98. The van der Waals surface area contributed by atoms with Crippen molar-refractivity contribution in [3.05, 3.63) is 41.5 Å². The summed E-state index contributed by atoms with van der Waals surface area (Å²) < 4.78 is 10.9. The summed E-state index contributed by atoms with van der Waals surface area (Å²) in [6.07, 6.45) is 3.98. The van der Waals surface area contributed by atoms with E-state index >= 15 is 0 Å². The number of aromatic nitrogens is 1. The van der Waals surface area contributed by atoms with E-state index < -0.39 is 6.10 Å². The molecule has 0 aliphatic carbocycles. The number of hydrogen-bond acceptors (Lipinski definition) is 5. The Kier molecular flexibility index (Phi) is 4.12. The zero-order valence-corrected chi connectivity index (χ0v) is 12.6. The number of aliphatic hydroxyl groups excluding tert-OH is 1. The van der Waals surface area contributed by atoms with E-state index in [4.69, 9.17) is 8.83 Å². The van der Waals surface area contributed by atoms with Crippen LogP contribution >= 0.6 is 0 Å². The number of rotatable bonds is 5. The first kappa shape index (κ1) is 14.4. The van der Waals surface area contributed by atoms with Gasteiger partial charge in [0.25, 0.3) is 0 Å². The van der Waals surface area contributed by atoms with Crippen LogP contribution in [0.2, 0.25) is 0 Å². The Morgan fingerprint density at radius 3 is 3.00 bits per heavy atom. The second-order valence-electron chi connectivity index (χ2n) is 5.78. The summed E-state index contributed by atoms with van der Waals surface area (Å²) >= 11 is 0. The minimum absolute atomic E-state index is 0.345. The van der Waals surface area contributed by atoms with Crippen molar-refractivity contribution in [1.82, 2.24) is 9.88 Å². The number of aryl methyl sites for hydroxylation is 2. The van der Waals surface area contributed by atoms with Crippen LogP contribution in [0.3, 0.4) is 0 Å². The molecule has 0 radical (unpaired) electrons. The van der Waals surface area contributed by atoms with Gasteiger partial charge in [-0.3, -0.25) is 4.90 Å². The molecule has 0 bridgehead atoms. The van der Waals surface area contributed by atoms with Gasteiger partial charge in [0.2, 0.25) is 5.89 Å². The largest absolute Gasteiger partial charge is 0.467 e. The number of aliphatic hydroxyl groups is 1. The minimum atomic E-state index is -0.543. The molecule has 1 fully saturated rings. The molecule has 1 saturated heterocycles. The Labute approximate surface area is 124 Å². The fourth-order valence-corrected chi connectivity index (χ4v) is 3.01. The predicted octanol–water partition coefficient (Wildman–Crippen LogP) is 2.97. The van der Waals surface area contributed by atoms with Gasteiger partial charge in [0.1, 0.15) is 17.6 Å². The number of hydrogen-bond donors (Lipinski definition) is 1. The Bertz CT molecular complexity index is 557. The second-order valence-corrected chi connectivity index (χ2v) is 5.78. The van der Waals surface area contributed by atoms with Crippen molar-refractivity contribution in [2.75, 3.05) is 6.54 Å². The molecular formula is C16H22N2O3. The first-order chi connectivity index (χ1) is 10.1. The summed E-state index contributed by atoms with van der Waals surface area (Å²) in [7, 11) is 0. The highest BCUT2D eigenvalue weighted by atomic mass is 16.4. The number of nitrogens with zero attached hydrogens (tertiary/aromatic N) is 2. The molecule has 114 valence electrons.